The van der Waals surface area contributed by atoms with Gasteiger partial charge in [-0.2, -0.15) is 0 Å². The highest BCUT2D eigenvalue weighted by Crippen LogP contribution is 2.31. The highest BCUT2D eigenvalue weighted by Gasteiger charge is 2.31. The van der Waals surface area contributed by atoms with Crippen molar-refractivity contribution in [2.75, 3.05) is 13.2 Å². The molecule has 0 radical (unpaired) electrons. The Balaban J connectivity index is 4.58. The zero-order valence-corrected chi connectivity index (χ0v) is 11.4. The summed E-state index contributed by atoms with van der Waals surface area (Å²) in [7, 11) is 0. The molecule has 0 rings (SSSR count). The lowest BCUT2D eigenvalue weighted by Gasteiger charge is -2.31. The van der Waals surface area contributed by atoms with E-state index >= 15 is 0 Å². The van der Waals surface area contributed by atoms with Gasteiger partial charge in [-0.3, -0.25) is 0 Å². The van der Waals surface area contributed by atoms with E-state index in [1.807, 2.05) is 6.92 Å². The minimum absolute atomic E-state index is 0.138. The number of nitrogens with two attached hydrogens (primary N) is 2. The average molecular weight is 260 g/mol. The molecule has 0 aromatic heterocycles. The summed E-state index contributed by atoms with van der Waals surface area (Å²) in [5.74, 6) is 0.512. The molecule has 6 heteroatoms. The molecular formula is C12H24N2O4. The van der Waals surface area contributed by atoms with Crippen molar-refractivity contribution in [3.05, 3.63) is 0 Å². The second kappa shape index (κ2) is 7.79. The zero-order chi connectivity index (χ0) is 14.2. The van der Waals surface area contributed by atoms with E-state index in [1.54, 1.807) is 0 Å². The molecule has 4 N–H and O–H groups in total. The van der Waals surface area contributed by atoms with Crippen molar-refractivity contribution in [2.24, 2.45) is 22.8 Å². The predicted molar refractivity (Wildman–Crippen MR) is 67.9 cm³/mol. The molecule has 0 aromatic rings. The third-order valence-electron chi connectivity index (χ3n) is 3.04. The minimum atomic E-state index is -0.823. The predicted octanol–water partition coefficient (Wildman–Crippen LogP) is 2.01. The molecule has 0 aliphatic rings. The van der Waals surface area contributed by atoms with Gasteiger partial charge in [0.25, 0.3) is 0 Å². The highest BCUT2D eigenvalue weighted by atomic mass is 16.6. The van der Waals surface area contributed by atoms with Crippen LogP contribution in [0.3, 0.4) is 0 Å². The van der Waals surface area contributed by atoms with Crippen LogP contribution in [0.5, 0.6) is 0 Å². The third kappa shape index (κ3) is 6.98. The van der Waals surface area contributed by atoms with Crippen molar-refractivity contribution >= 4 is 12.2 Å². The summed E-state index contributed by atoms with van der Waals surface area (Å²) >= 11 is 0. The van der Waals surface area contributed by atoms with Crippen LogP contribution in [0.4, 0.5) is 9.59 Å². The van der Waals surface area contributed by atoms with Gasteiger partial charge >= 0.3 is 12.2 Å². The fourth-order valence-electron chi connectivity index (χ4n) is 1.61. The molecule has 106 valence electrons. The first kappa shape index (κ1) is 16.5. The van der Waals surface area contributed by atoms with E-state index in [0.717, 1.165) is 12.8 Å². The van der Waals surface area contributed by atoms with Crippen molar-refractivity contribution in [3.63, 3.8) is 0 Å². The van der Waals surface area contributed by atoms with E-state index in [1.165, 1.54) is 0 Å². The van der Waals surface area contributed by atoms with Gasteiger partial charge in [-0.05, 0) is 18.8 Å². The smallest absolute Gasteiger partial charge is 0.404 e. The molecule has 0 bridgehead atoms. The van der Waals surface area contributed by atoms with Gasteiger partial charge in [0.05, 0.1) is 0 Å². The lowest BCUT2D eigenvalue weighted by Crippen LogP contribution is -2.36. The summed E-state index contributed by atoms with van der Waals surface area (Å²) in [5.41, 5.74) is 9.54. The molecular weight excluding hydrogens is 236 g/mol. The Hall–Kier alpha value is -1.46. The van der Waals surface area contributed by atoms with Crippen LogP contribution < -0.4 is 11.5 Å². The fourth-order valence-corrected chi connectivity index (χ4v) is 1.61. The maximum absolute atomic E-state index is 10.7. The molecule has 6 nitrogen and oxygen atoms in total. The molecule has 18 heavy (non-hydrogen) atoms. The van der Waals surface area contributed by atoms with Crippen LogP contribution >= 0.6 is 0 Å². The van der Waals surface area contributed by atoms with Crippen LogP contribution in [-0.2, 0) is 9.47 Å². The van der Waals surface area contributed by atoms with E-state index in [0.29, 0.717) is 12.3 Å². The number of hydrogen-bond donors (Lipinski definition) is 2. The first-order chi connectivity index (χ1) is 8.31. The molecule has 2 amide bonds. The van der Waals surface area contributed by atoms with E-state index in [-0.39, 0.29) is 13.2 Å². The Bertz CT molecular complexity index is 261. The number of rotatable bonds is 8. The Morgan fingerprint density at radius 3 is 1.83 bits per heavy atom. The minimum Gasteiger partial charge on any atom is -0.449 e. The zero-order valence-electron chi connectivity index (χ0n) is 11.4. The summed E-state index contributed by atoms with van der Waals surface area (Å²) in [6.45, 7) is 6.43. The molecule has 0 unspecified atom stereocenters. The van der Waals surface area contributed by atoms with Gasteiger partial charge in [0, 0.05) is 5.41 Å². The molecule has 0 aliphatic heterocycles. The summed E-state index contributed by atoms with van der Waals surface area (Å²) in [6, 6.07) is 0. The second-order valence-corrected chi connectivity index (χ2v) is 5.00. The van der Waals surface area contributed by atoms with Gasteiger partial charge in [-0.1, -0.05) is 27.2 Å². The summed E-state index contributed by atoms with van der Waals surface area (Å²) in [5, 5.41) is 0. The molecule has 0 saturated carbocycles. The number of amides is 2. The topological polar surface area (TPSA) is 105 Å². The SMILES string of the molecule is CCC(CCC(C)C)(COC(N)=O)COC(N)=O. The fraction of sp³-hybridized carbons (Fsp3) is 0.833. The third-order valence-corrected chi connectivity index (χ3v) is 3.04. The Kier molecular flexibility index (Phi) is 7.16. The van der Waals surface area contributed by atoms with E-state index in [4.69, 9.17) is 20.9 Å². The molecule has 0 atom stereocenters. The monoisotopic (exact) mass is 260 g/mol. The largest absolute Gasteiger partial charge is 0.449 e. The molecule has 0 heterocycles. The van der Waals surface area contributed by atoms with Gasteiger partial charge in [-0.15, -0.1) is 0 Å². The van der Waals surface area contributed by atoms with Crippen LogP contribution in [0.15, 0.2) is 0 Å². The molecule has 0 spiro atoms. The van der Waals surface area contributed by atoms with Crippen molar-refractivity contribution < 1.29 is 19.1 Å². The van der Waals surface area contributed by atoms with Crippen LogP contribution in [0.1, 0.15) is 40.0 Å². The normalized spacial score (nSPS) is 11.3. The highest BCUT2D eigenvalue weighted by molar-refractivity contribution is 5.65. The van der Waals surface area contributed by atoms with Gasteiger partial charge < -0.3 is 20.9 Å². The van der Waals surface area contributed by atoms with Crippen molar-refractivity contribution in [1.82, 2.24) is 0 Å². The Morgan fingerprint density at radius 1 is 1.11 bits per heavy atom. The van der Waals surface area contributed by atoms with E-state index in [9.17, 15) is 9.59 Å². The number of hydrogen-bond acceptors (Lipinski definition) is 4. The average Bonchev–Trinajstić information content (AvgIpc) is 2.28. The van der Waals surface area contributed by atoms with Crippen LogP contribution in [0.2, 0.25) is 0 Å². The first-order valence-corrected chi connectivity index (χ1v) is 6.16. The summed E-state index contributed by atoms with van der Waals surface area (Å²) in [4.78, 5) is 21.4. The molecule has 0 fully saturated rings. The summed E-state index contributed by atoms with van der Waals surface area (Å²) < 4.78 is 9.74. The van der Waals surface area contributed by atoms with Crippen LogP contribution in [-0.4, -0.2) is 25.4 Å². The van der Waals surface area contributed by atoms with Gasteiger partial charge in [0.2, 0.25) is 0 Å². The maximum Gasteiger partial charge on any atom is 0.404 e. The van der Waals surface area contributed by atoms with Gasteiger partial charge in [0.15, 0.2) is 0 Å². The maximum atomic E-state index is 10.7. The van der Waals surface area contributed by atoms with Crippen LogP contribution in [0.25, 0.3) is 0 Å². The number of carbonyl (C=O) groups is 2. The lowest BCUT2D eigenvalue weighted by molar-refractivity contribution is 0.0198. The van der Waals surface area contributed by atoms with Gasteiger partial charge in [0.1, 0.15) is 13.2 Å². The molecule has 0 aromatic carbocycles. The Labute approximate surface area is 108 Å². The van der Waals surface area contributed by atoms with E-state index < -0.39 is 17.6 Å². The van der Waals surface area contributed by atoms with Crippen molar-refractivity contribution in [2.45, 2.75) is 40.0 Å². The van der Waals surface area contributed by atoms with Crippen LogP contribution in [0, 0.1) is 11.3 Å². The number of carbonyl (C=O) groups excluding carboxylic acids is 2. The van der Waals surface area contributed by atoms with E-state index in [2.05, 4.69) is 13.8 Å². The molecule has 0 saturated heterocycles. The second-order valence-electron chi connectivity index (χ2n) is 5.00. The van der Waals surface area contributed by atoms with Crippen molar-refractivity contribution in [3.8, 4) is 0 Å². The molecule has 0 aliphatic carbocycles. The standard InChI is InChI=1S/C12H24N2O4/c1-4-12(6-5-9(2)3,7-17-10(13)15)8-18-11(14)16/h9H,4-8H2,1-3H3,(H2,13,15)(H2,14,16). The van der Waals surface area contributed by atoms with Gasteiger partial charge in [-0.25, -0.2) is 9.59 Å². The van der Waals surface area contributed by atoms with Crippen molar-refractivity contribution in [1.29, 1.82) is 0 Å². The summed E-state index contributed by atoms with van der Waals surface area (Å²) in [6.07, 6.45) is 0.785. The Morgan fingerprint density at radius 2 is 1.56 bits per heavy atom. The lowest BCUT2D eigenvalue weighted by atomic mass is 9.80. The number of ether oxygens (including phenoxy) is 2. The quantitative estimate of drug-likeness (QED) is 0.696. The first-order valence-electron chi connectivity index (χ1n) is 6.16. The number of primary amides is 2.